The number of nitrogens with zero attached hydrogens (tertiary/aromatic N) is 4. The van der Waals surface area contributed by atoms with Crippen LogP contribution < -0.4 is 14.2 Å². The number of aryl methyl sites for hydroxylation is 1. The largest absolute Gasteiger partial charge is 0.495 e. The van der Waals surface area contributed by atoms with Gasteiger partial charge in [0.05, 0.1) is 26.5 Å². The molecule has 0 aliphatic heterocycles. The molecule has 11 heteroatoms. The molecule has 0 saturated heterocycles. The molecule has 0 spiro atoms. The van der Waals surface area contributed by atoms with E-state index < -0.39 is 10.0 Å². The van der Waals surface area contributed by atoms with Gasteiger partial charge in [0.2, 0.25) is 5.88 Å². The number of rotatable bonds is 7. The van der Waals surface area contributed by atoms with E-state index in [-0.39, 0.29) is 22.3 Å². The predicted molar refractivity (Wildman–Crippen MR) is 116 cm³/mol. The molecule has 1 N–H and O–H groups in total. The molecule has 3 aromatic heterocycles. The molecule has 0 bridgehead atoms. The van der Waals surface area contributed by atoms with Crippen LogP contribution in [0.3, 0.4) is 0 Å². The Morgan fingerprint density at radius 1 is 1.22 bits per heavy atom. The second kappa shape index (κ2) is 7.83. The van der Waals surface area contributed by atoms with Gasteiger partial charge in [0.25, 0.3) is 10.0 Å². The number of methoxy groups -OCH3 is 2. The van der Waals surface area contributed by atoms with Crippen LogP contribution in [0.15, 0.2) is 46.1 Å². The lowest BCUT2D eigenvalue weighted by molar-refractivity contribution is 0.400. The van der Waals surface area contributed by atoms with Crippen molar-refractivity contribution in [2.24, 2.45) is 0 Å². The van der Waals surface area contributed by atoms with Crippen molar-refractivity contribution in [1.82, 2.24) is 19.9 Å². The van der Waals surface area contributed by atoms with Gasteiger partial charge in [0, 0.05) is 18.5 Å². The van der Waals surface area contributed by atoms with Gasteiger partial charge in [0.1, 0.15) is 16.0 Å². The van der Waals surface area contributed by atoms with Crippen LogP contribution in [0.1, 0.15) is 23.2 Å². The zero-order valence-electron chi connectivity index (χ0n) is 17.5. The third-order valence-corrected chi connectivity index (χ3v) is 6.91. The van der Waals surface area contributed by atoms with Crippen molar-refractivity contribution in [2.75, 3.05) is 18.9 Å². The van der Waals surface area contributed by atoms with Gasteiger partial charge in [-0.15, -0.1) is 0 Å². The fourth-order valence-corrected chi connectivity index (χ4v) is 5.55. The first kappa shape index (κ1) is 20.3. The second-order valence-electron chi connectivity index (χ2n) is 7.42. The van der Waals surface area contributed by atoms with Crippen LogP contribution in [0.25, 0.3) is 11.0 Å². The summed E-state index contributed by atoms with van der Waals surface area (Å²) in [6, 6.07) is 7.10. The van der Waals surface area contributed by atoms with Crippen LogP contribution in [0.5, 0.6) is 11.6 Å². The fourth-order valence-electron chi connectivity index (χ4n) is 4.08. The number of sulfonamides is 1. The van der Waals surface area contributed by atoms with E-state index in [2.05, 4.69) is 20.0 Å². The summed E-state index contributed by atoms with van der Waals surface area (Å²) in [5.41, 5.74) is 2.77. The summed E-state index contributed by atoms with van der Waals surface area (Å²) in [7, 11) is -1.10. The molecule has 1 aliphatic carbocycles. The van der Waals surface area contributed by atoms with E-state index in [1.807, 2.05) is 18.3 Å². The van der Waals surface area contributed by atoms with E-state index in [9.17, 15) is 8.42 Å². The molecular weight excluding hydrogens is 434 g/mol. The Balaban J connectivity index is 1.56. The highest BCUT2D eigenvalue weighted by atomic mass is 32.2. The highest BCUT2D eigenvalue weighted by Crippen LogP contribution is 2.38. The van der Waals surface area contributed by atoms with Gasteiger partial charge in [-0.3, -0.25) is 9.40 Å². The van der Waals surface area contributed by atoms with Crippen LogP contribution in [-0.4, -0.2) is 42.6 Å². The number of hydrogen-bond acceptors (Lipinski definition) is 8. The third kappa shape index (κ3) is 3.44. The van der Waals surface area contributed by atoms with E-state index in [1.54, 1.807) is 23.0 Å². The number of anilines is 1. The molecule has 4 aromatic rings. The van der Waals surface area contributed by atoms with Crippen molar-refractivity contribution in [2.45, 2.75) is 30.7 Å². The van der Waals surface area contributed by atoms with Crippen LogP contribution in [0.4, 0.5) is 5.82 Å². The maximum atomic E-state index is 13.4. The third-order valence-electron chi connectivity index (χ3n) is 5.47. The van der Waals surface area contributed by atoms with Crippen LogP contribution in [-0.2, 0) is 29.4 Å². The molecule has 3 heterocycles. The second-order valence-corrected chi connectivity index (χ2v) is 9.04. The Morgan fingerprint density at radius 2 is 2.09 bits per heavy atom. The highest BCUT2D eigenvalue weighted by Gasteiger charge is 2.30. The number of nitrogens with one attached hydrogen (secondary N) is 1. The van der Waals surface area contributed by atoms with Gasteiger partial charge in [-0.2, -0.15) is 5.10 Å². The maximum absolute atomic E-state index is 13.4. The molecule has 166 valence electrons. The Bertz CT molecular complexity index is 1400. The van der Waals surface area contributed by atoms with Gasteiger partial charge in [0.15, 0.2) is 11.4 Å². The lowest BCUT2D eigenvalue weighted by Gasteiger charge is -2.14. The predicted octanol–water partition coefficient (Wildman–Crippen LogP) is 2.77. The molecule has 0 unspecified atom stereocenters. The zero-order chi connectivity index (χ0) is 22.3. The fraction of sp³-hybridized carbons (Fsp3) is 0.286. The maximum Gasteiger partial charge on any atom is 0.267 e. The van der Waals surface area contributed by atoms with E-state index in [1.165, 1.54) is 14.2 Å². The van der Waals surface area contributed by atoms with Gasteiger partial charge in [-0.1, -0.05) is 11.2 Å². The first-order chi connectivity index (χ1) is 15.5. The van der Waals surface area contributed by atoms with Gasteiger partial charge < -0.3 is 14.0 Å². The molecule has 1 aromatic carbocycles. The molecule has 0 saturated carbocycles. The first-order valence-corrected chi connectivity index (χ1v) is 11.5. The summed E-state index contributed by atoms with van der Waals surface area (Å²) in [6.07, 6.45) is 5.89. The van der Waals surface area contributed by atoms with Crippen LogP contribution >= 0.6 is 0 Å². The minimum atomic E-state index is -4.01. The van der Waals surface area contributed by atoms with Crippen molar-refractivity contribution in [3.8, 4) is 11.6 Å². The lowest BCUT2D eigenvalue weighted by Crippen LogP contribution is -2.17. The van der Waals surface area contributed by atoms with E-state index in [0.717, 1.165) is 24.0 Å². The van der Waals surface area contributed by atoms with Crippen molar-refractivity contribution < 1.29 is 22.4 Å². The Morgan fingerprint density at radius 3 is 2.84 bits per heavy atom. The molecular formula is C21H21N5O5S. The minimum absolute atomic E-state index is 0.00708. The molecule has 0 fully saturated rings. The SMILES string of the molecule is COc1ccc2c(c1S(=O)(=O)Nc1noc3cc(Cn4cccn4)nc(OC)c13)CCC2. The quantitative estimate of drug-likeness (QED) is 0.451. The number of benzene rings is 1. The number of hydrogen-bond donors (Lipinski definition) is 1. The van der Waals surface area contributed by atoms with E-state index in [0.29, 0.717) is 29.6 Å². The van der Waals surface area contributed by atoms with Gasteiger partial charge in [-0.25, -0.2) is 13.4 Å². The van der Waals surface area contributed by atoms with Crippen molar-refractivity contribution in [3.05, 3.63) is 53.5 Å². The molecule has 0 atom stereocenters. The Kier molecular flexibility index (Phi) is 4.97. The molecule has 0 amide bonds. The van der Waals surface area contributed by atoms with Crippen LogP contribution in [0, 0.1) is 0 Å². The van der Waals surface area contributed by atoms with Crippen LogP contribution in [0.2, 0.25) is 0 Å². The molecule has 32 heavy (non-hydrogen) atoms. The first-order valence-electron chi connectivity index (χ1n) is 10.0. The number of fused-ring (bicyclic) bond motifs is 2. The molecule has 1 aliphatic rings. The van der Waals surface area contributed by atoms with Crippen molar-refractivity contribution in [1.29, 1.82) is 0 Å². The Hall–Kier alpha value is -3.60. The lowest BCUT2D eigenvalue weighted by atomic mass is 10.1. The standard InChI is InChI=1S/C21H21N5O5S/c1-29-16-8-7-13-5-3-6-15(13)19(16)32(27,28)25-20-18-17(31-24-20)11-14(23-21(18)30-2)12-26-10-4-9-22-26/h4,7-11H,3,5-6,12H2,1-2H3,(H,24,25). The summed E-state index contributed by atoms with van der Waals surface area (Å²) in [6.45, 7) is 0.397. The van der Waals surface area contributed by atoms with Crippen molar-refractivity contribution in [3.63, 3.8) is 0 Å². The minimum Gasteiger partial charge on any atom is -0.495 e. The topological polar surface area (TPSA) is 121 Å². The van der Waals surface area contributed by atoms with E-state index >= 15 is 0 Å². The summed E-state index contributed by atoms with van der Waals surface area (Å²) < 4.78 is 47.3. The summed E-state index contributed by atoms with van der Waals surface area (Å²) in [5, 5.41) is 8.46. The number of ether oxygens (including phenoxy) is 2. The average Bonchev–Trinajstić information content (AvgIpc) is 3.53. The smallest absolute Gasteiger partial charge is 0.267 e. The van der Waals surface area contributed by atoms with Gasteiger partial charge >= 0.3 is 0 Å². The average molecular weight is 455 g/mol. The highest BCUT2D eigenvalue weighted by molar-refractivity contribution is 7.92. The molecule has 0 radical (unpaired) electrons. The number of pyridine rings is 1. The summed E-state index contributed by atoms with van der Waals surface area (Å²) in [4.78, 5) is 4.61. The normalized spacial score (nSPS) is 13.3. The summed E-state index contributed by atoms with van der Waals surface area (Å²) in [5.74, 6) is 0.499. The summed E-state index contributed by atoms with van der Waals surface area (Å²) >= 11 is 0. The molecule has 10 nitrogen and oxygen atoms in total. The molecule has 5 rings (SSSR count). The Labute approximate surface area is 184 Å². The zero-order valence-corrected chi connectivity index (χ0v) is 18.3. The van der Waals surface area contributed by atoms with E-state index in [4.69, 9.17) is 14.0 Å². The number of aromatic nitrogens is 4. The monoisotopic (exact) mass is 455 g/mol. The van der Waals surface area contributed by atoms with Gasteiger partial charge in [-0.05, 0) is 42.5 Å². The van der Waals surface area contributed by atoms with Crippen molar-refractivity contribution >= 4 is 26.8 Å².